The van der Waals surface area contributed by atoms with Crippen molar-refractivity contribution in [3.8, 4) is 5.75 Å². The number of aromatic nitrogens is 2. The van der Waals surface area contributed by atoms with Gasteiger partial charge in [-0.3, -0.25) is 14.2 Å². The highest BCUT2D eigenvalue weighted by Gasteiger charge is 2.16. The van der Waals surface area contributed by atoms with Crippen molar-refractivity contribution in [2.45, 2.75) is 26.6 Å². The molecule has 0 aliphatic heterocycles. The van der Waals surface area contributed by atoms with Crippen LogP contribution in [0, 0.1) is 0 Å². The molecule has 4 aromatic rings. The van der Waals surface area contributed by atoms with Crippen LogP contribution in [0.1, 0.15) is 18.1 Å². The number of nitrogens with zero attached hydrogens (tertiary/aromatic N) is 2. The lowest BCUT2D eigenvalue weighted by Crippen LogP contribution is -2.42. The predicted molar refractivity (Wildman–Crippen MR) is 127 cm³/mol. The molecule has 0 unspecified atom stereocenters. The molecule has 168 valence electrons. The van der Waals surface area contributed by atoms with Crippen LogP contribution in [0.15, 0.2) is 88.5 Å². The molecule has 0 spiro atoms. The Labute approximate surface area is 190 Å². The van der Waals surface area contributed by atoms with Gasteiger partial charge < -0.3 is 14.6 Å². The van der Waals surface area contributed by atoms with E-state index in [1.165, 1.54) is 0 Å². The van der Waals surface area contributed by atoms with Gasteiger partial charge in [-0.25, -0.2) is 4.79 Å². The first kappa shape index (κ1) is 22.1. The highest BCUT2D eigenvalue weighted by molar-refractivity contribution is 5.79. The Morgan fingerprint density at radius 3 is 2.33 bits per heavy atom. The quantitative estimate of drug-likeness (QED) is 0.453. The standard InChI is InChI=1S/C26H25N3O4/c1-2-28(16-19-12-14-21(15-13-19)33-18-20-8-4-3-5-9-20)24(30)17-29-25(31)22-10-6-7-11-23(22)27-26(29)32/h3-15H,2,16-18H2,1H3,(H,27,32). The zero-order valence-corrected chi connectivity index (χ0v) is 18.4. The highest BCUT2D eigenvalue weighted by Crippen LogP contribution is 2.16. The third kappa shape index (κ3) is 5.20. The van der Waals surface area contributed by atoms with Crippen LogP contribution in [0.5, 0.6) is 5.75 Å². The van der Waals surface area contributed by atoms with E-state index in [2.05, 4.69) is 4.98 Å². The average molecular weight is 444 g/mol. The lowest BCUT2D eigenvalue weighted by molar-refractivity contribution is -0.132. The van der Waals surface area contributed by atoms with Crippen molar-refractivity contribution in [1.29, 1.82) is 0 Å². The van der Waals surface area contributed by atoms with Gasteiger partial charge in [0.15, 0.2) is 0 Å². The van der Waals surface area contributed by atoms with Crippen molar-refractivity contribution in [3.63, 3.8) is 0 Å². The lowest BCUT2D eigenvalue weighted by atomic mass is 10.2. The Morgan fingerprint density at radius 2 is 1.61 bits per heavy atom. The minimum atomic E-state index is -0.594. The number of likely N-dealkylation sites (N-methyl/N-ethyl adjacent to an activating group) is 1. The maximum Gasteiger partial charge on any atom is 0.329 e. The fraction of sp³-hybridized carbons (Fsp3) is 0.192. The number of carbonyl (C=O) groups excluding carboxylic acids is 1. The number of hydrogen-bond acceptors (Lipinski definition) is 4. The monoisotopic (exact) mass is 443 g/mol. The van der Waals surface area contributed by atoms with Crippen LogP contribution in [0.3, 0.4) is 0 Å². The summed E-state index contributed by atoms with van der Waals surface area (Å²) in [4.78, 5) is 42.3. The summed E-state index contributed by atoms with van der Waals surface area (Å²) in [6.45, 7) is 2.85. The Morgan fingerprint density at radius 1 is 0.909 bits per heavy atom. The van der Waals surface area contributed by atoms with Crippen molar-refractivity contribution in [2.75, 3.05) is 6.54 Å². The number of rotatable bonds is 8. The minimum Gasteiger partial charge on any atom is -0.489 e. The number of aromatic amines is 1. The second-order valence-electron chi connectivity index (χ2n) is 7.69. The van der Waals surface area contributed by atoms with Gasteiger partial charge in [0.2, 0.25) is 5.91 Å². The summed E-state index contributed by atoms with van der Waals surface area (Å²) >= 11 is 0. The summed E-state index contributed by atoms with van der Waals surface area (Å²) in [6, 6.07) is 24.2. The maximum absolute atomic E-state index is 12.9. The van der Waals surface area contributed by atoms with Crippen molar-refractivity contribution >= 4 is 16.8 Å². The molecule has 33 heavy (non-hydrogen) atoms. The molecule has 0 atom stereocenters. The molecule has 1 aromatic heterocycles. The molecule has 0 saturated heterocycles. The van der Waals surface area contributed by atoms with Gasteiger partial charge in [0.1, 0.15) is 18.9 Å². The first-order valence-corrected chi connectivity index (χ1v) is 10.8. The van der Waals surface area contributed by atoms with Crippen LogP contribution in [0.2, 0.25) is 0 Å². The van der Waals surface area contributed by atoms with Crippen LogP contribution in [-0.2, 0) is 24.5 Å². The number of fused-ring (bicyclic) bond motifs is 1. The number of ether oxygens (including phenoxy) is 1. The molecular formula is C26H25N3O4. The lowest BCUT2D eigenvalue weighted by Gasteiger charge is -2.21. The van der Waals surface area contributed by atoms with E-state index in [4.69, 9.17) is 4.74 Å². The van der Waals surface area contributed by atoms with E-state index < -0.39 is 11.2 Å². The second-order valence-corrected chi connectivity index (χ2v) is 7.69. The van der Waals surface area contributed by atoms with E-state index in [9.17, 15) is 14.4 Å². The van der Waals surface area contributed by atoms with Crippen molar-refractivity contribution in [2.24, 2.45) is 0 Å². The average Bonchev–Trinajstić information content (AvgIpc) is 2.85. The molecule has 1 heterocycles. The molecule has 0 aliphatic carbocycles. The topological polar surface area (TPSA) is 84.4 Å². The number of benzene rings is 3. The smallest absolute Gasteiger partial charge is 0.329 e. The van der Waals surface area contributed by atoms with Crippen LogP contribution >= 0.6 is 0 Å². The number of hydrogen-bond donors (Lipinski definition) is 1. The predicted octanol–water partition coefficient (Wildman–Crippen LogP) is 3.32. The van der Waals surface area contributed by atoms with Crippen LogP contribution in [-0.4, -0.2) is 26.9 Å². The summed E-state index contributed by atoms with van der Waals surface area (Å²) < 4.78 is 6.76. The van der Waals surface area contributed by atoms with Gasteiger partial charge in [0.05, 0.1) is 10.9 Å². The summed E-state index contributed by atoms with van der Waals surface area (Å²) in [6.07, 6.45) is 0. The molecule has 4 rings (SSSR count). The third-order valence-electron chi connectivity index (χ3n) is 5.46. The van der Waals surface area contributed by atoms with Gasteiger partial charge in [0, 0.05) is 13.1 Å². The van der Waals surface area contributed by atoms with E-state index in [0.717, 1.165) is 21.4 Å². The van der Waals surface area contributed by atoms with E-state index in [1.54, 1.807) is 29.2 Å². The second kappa shape index (κ2) is 9.99. The Kier molecular flexibility index (Phi) is 6.69. The summed E-state index contributed by atoms with van der Waals surface area (Å²) in [5.41, 5.74) is 1.40. The van der Waals surface area contributed by atoms with Crippen molar-refractivity contribution < 1.29 is 9.53 Å². The SMILES string of the molecule is CCN(Cc1ccc(OCc2ccccc2)cc1)C(=O)Cn1c(=O)[nH]c2ccccc2c1=O. The third-order valence-corrected chi connectivity index (χ3v) is 5.46. The van der Waals surface area contributed by atoms with Crippen LogP contribution in [0.4, 0.5) is 0 Å². The van der Waals surface area contributed by atoms with Gasteiger partial charge in [-0.15, -0.1) is 0 Å². The Hall–Kier alpha value is -4.13. The number of amides is 1. The molecule has 3 aromatic carbocycles. The molecule has 1 N–H and O–H groups in total. The molecule has 1 amide bonds. The highest BCUT2D eigenvalue weighted by atomic mass is 16.5. The molecular weight excluding hydrogens is 418 g/mol. The van der Waals surface area contributed by atoms with Crippen LogP contribution < -0.4 is 16.0 Å². The zero-order valence-electron chi connectivity index (χ0n) is 18.4. The number of nitrogens with one attached hydrogen (secondary N) is 1. The molecule has 0 radical (unpaired) electrons. The van der Waals surface area contributed by atoms with E-state index in [0.29, 0.717) is 30.6 Å². The normalized spacial score (nSPS) is 10.8. The summed E-state index contributed by atoms with van der Waals surface area (Å²) in [5.74, 6) is 0.441. The Bertz CT molecular complexity index is 1360. The van der Waals surface area contributed by atoms with Gasteiger partial charge >= 0.3 is 5.69 Å². The summed E-state index contributed by atoms with van der Waals surface area (Å²) in [5, 5.41) is 0.374. The fourth-order valence-corrected chi connectivity index (χ4v) is 3.61. The van der Waals surface area contributed by atoms with Crippen molar-refractivity contribution in [1.82, 2.24) is 14.5 Å². The van der Waals surface area contributed by atoms with Gasteiger partial charge in [-0.05, 0) is 42.3 Å². The molecule has 0 aliphatic rings. The van der Waals surface area contributed by atoms with E-state index in [-0.39, 0.29) is 12.5 Å². The zero-order chi connectivity index (χ0) is 23.2. The minimum absolute atomic E-state index is 0.301. The van der Waals surface area contributed by atoms with Gasteiger partial charge in [0.25, 0.3) is 5.56 Å². The van der Waals surface area contributed by atoms with Crippen LogP contribution in [0.25, 0.3) is 10.9 Å². The number of carbonyl (C=O) groups is 1. The first-order valence-electron chi connectivity index (χ1n) is 10.8. The largest absolute Gasteiger partial charge is 0.489 e. The van der Waals surface area contributed by atoms with Crippen molar-refractivity contribution in [3.05, 3.63) is 111 Å². The molecule has 7 heteroatoms. The molecule has 0 bridgehead atoms. The molecule has 7 nitrogen and oxygen atoms in total. The molecule has 0 fully saturated rings. The van der Waals surface area contributed by atoms with E-state index >= 15 is 0 Å². The first-order chi connectivity index (χ1) is 16.0. The maximum atomic E-state index is 12.9. The van der Waals surface area contributed by atoms with Gasteiger partial charge in [-0.2, -0.15) is 0 Å². The Balaban J connectivity index is 1.42. The van der Waals surface area contributed by atoms with E-state index in [1.807, 2.05) is 61.5 Å². The molecule has 0 saturated carbocycles. The fourth-order valence-electron chi connectivity index (χ4n) is 3.61. The number of H-pyrrole nitrogens is 1. The van der Waals surface area contributed by atoms with Gasteiger partial charge in [-0.1, -0.05) is 54.6 Å². The summed E-state index contributed by atoms with van der Waals surface area (Å²) in [7, 11) is 0. The number of para-hydroxylation sites is 1.